The Hall–Kier alpha value is -7.76. The molecule has 0 amide bonds. The Morgan fingerprint density at radius 2 is 1.21 bits per heavy atom. The predicted molar refractivity (Wildman–Crippen MR) is 283 cm³/mol. The highest BCUT2D eigenvalue weighted by atomic mass is 16.3. The van der Waals surface area contributed by atoms with Gasteiger partial charge in [0.15, 0.2) is 0 Å². The number of para-hydroxylation sites is 2. The van der Waals surface area contributed by atoms with Crippen LogP contribution in [0.5, 0.6) is 5.75 Å². The normalized spacial score (nSPS) is 12.5. The first-order chi connectivity index (χ1) is 32.7. The zero-order chi connectivity index (χ0) is 47.1. The minimum absolute atomic E-state index is 0.195. The van der Waals surface area contributed by atoms with Crippen LogP contribution in [-0.4, -0.2) is 19.6 Å². The number of phenols is 1. The van der Waals surface area contributed by atoms with E-state index in [0.29, 0.717) is 11.4 Å². The van der Waals surface area contributed by atoms with Gasteiger partial charge in [-0.2, -0.15) is 0 Å². The molecular weight excluding hydrogens is 831 g/mol. The van der Waals surface area contributed by atoms with Crippen LogP contribution in [0.1, 0.15) is 77.6 Å². The molecule has 68 heavy (non-hydrogen) atoms. The summed E-state index contributed by atoms with van der Waals surface area (Å²) in [5.74, 6) is 0.920. The molecule has 334 valence electrons. The number of nitrogens with zero attached hydrogens (tertiary/aromatic N) is 3. The fourth-order valence-corrected chi connectivity index (χ4v) is 10.1. The second kappa shape index (κ2) is 16.0. The van der Waals surface area contributed by atoms with E-state index in [1.54, 1.807) is 0 Å². The van der Waals surface area contributed by atoms with Gasteiger partial charge in [0.2, 0.25) is 0 Å². The van der Waals surface area contributed by atoms with Crippen molar-refractivity contribution >= 4 is 43.7 Å². The molecule has 11 aromatic rings. The zero-order valence-electron chi connectivity index (χ0n) is 40.0. The van der Waals surface area contributed by atoms with Crippen LogP contribution < -0.4 is 0 Å². The van der Waals surface area contributed by atoms with E-state index >= 15 is 0 Å². The Kier molecular flexibility index (Phi) is 10.1. The lowest BCUT2D eigenvalue weighted by Gasteiger charge is -2.27. The molecule has 0 aliphatic heterocycles. The molecule has 0 aliphatic rings. The molecule has 5 nitrogen and oxygen atoms in total. The van der Waals surface area contributed by atoms with Gasteiger partial charge in [-0.25, -0.2) is 4.98 Å². The summed E-state index contributed by atoms with van der Waals surface area (Å²) in [6.45, 7) is 17.8. The molecular formula is C63H55N3O2. The van der Waals surface area contributed by atoms with Crippen LogP contribution >= 0.6 is 0 Å². The molecule has 11 rings (SSSR count). The Labute approximate surface area is 398 Å². The minimum Gasteiger partial charge on any atom is -0.507 e. The number of aromatic hydroxyl groups is 1. The van der Waals surface area contributed by atoms with Crippen LogP contribution in [0.2, 0.25) is 0 Å². The van der Waals surface area contributed by atoms with Gasteiger partial charge in [-0.05, 0) is 86.5 Å². The summed E-state index contributed by atoms with van der Waals surface area (Å²) in [5.41, 5.74) is 14.5. The van der Waals surface area contributed by atoms with Crippen molar-refractivity contribution in [2.24, 2.45) is 0 Å². The average molecular weight is 886 g/mol. The lowest BCUT2D eigenvalue weighted by atomic mass is 9.76. The molecule has 0 unspecified atom stereocenters. The largest absolute Gasteiger partial charge is 0.507 e. The van der Waals surface area contributed by atoms with Gasteiger partial charge in [-0.15, -0.1) is 0 Å². The third-order valence-electron chi connectivity index (χ3n) is 13.9. The van der Waals surface area contributed by atoms with Crippen molar-refractivity contribution in [1.29, 1.82) is 0 Å². The van der Waals surface area contributed by atoms with Gasteiger partial charge in [0.1, 0.15) is 22.7 Å². The maximum atomic E-state index is 12.6. The molecule has 0 aliphatic carbocycles. The number of rotatable bonds is 7. The van der Waals surface area contributed by atoms with Crippen LogP contribution in [0.4, 0.5) is 0 Å². The van der Waals surface area contributed by atoms with Crippen molar-refractivity contribution in [2.45, 2.75) is 71.6 Å². The summed E-state index contributed by atoms with van der Waals surface area (Å²) < 4.78 is 8.97. The number of fused-ring (bicyclic) bond motifs is 6. The molecule has 0 saturated carbocycles. The topological polar surface area (TPSA) is 64.1 Å². The number of aromatic nitrogens is 3. The summed E-state index contributed by atoms with van der Waals surface area (Å²) >= 11 is 0. The van der Waals surface area contributed by atoms with Gasteiger partial charge >= 0.3 is 0 Å². The van der Waals surface area contributed by atoms with Gasteiger partial charge in [0.25, 0.3) is 0 Å². The number of furan rings is 1. The van der Waals surface area contributed by atoms with Gasteiger partial charge in [0, 0.05) is 44.6 Å². The second-order valence-electron chi connectivity index (χ2n) is 20.8. The summed E-state index contributed by atoms with van der Waals surface area (Å²) in [6, 6.07) is 62.2. The number of pyridine rings is 1. The van der Waals surface area contributed by atoms with Gasteiger partial charge in [-0.1, -0.05) is 189 Å². The molecule has 0 bridgehead atoms. The monoisotopic (exact) mass is 885 g/mol. The third kappa shape index (κ3) is 7.16. The van der Waals surface area contributed by atoms with E-state index in [9.17, 15) is 5.11 Å². The molecule has 8 aromatic carbocycles. The smallest absolute Gasteiger partial charge is 0.149 e. The van der Waals surface area contributed by atoms with E-state index in [1.165, 1.54) is 5.56 Å². The van der Waals surface area contributed by atoms with Crippen LogP contribution in [0.25, 0.3) is 94.3 Å². The minimum atomic E-state index is -0.385. The Balaban J connectivity index is 1.23. The molecule has 3 heterocycles. The molecule has 1 N–H and O–H groups in total. The number of hydrogen-bond acceptors (Lipinski definition) is 4. The SMILES string of the molecule is CC(C)(C)c1cc(-c2nc3c(-c4cc(-c5nccc6oc7c8ccccc8ccc7c56)cc(C(C)(C)c5ccccc5)c4)cccc3n2-c2ccccc2-c2ccccc2)c(O)c(C(C)(C)C)c1. The Morgan fingerprint density at radius 3 is 1.97 bits per heavy atom. The molecule has 0 radical (unpaired) electrons. The van der Waals surface area contributed by atoms with E-state index < -0.39 is 0 Å². The first-order valence-corrected chi connectivity index (χ1v) is 23.6. The Bertz CT molecular complexity index is 3730. The third-order valence-corrected chi connectivity index (χ3v) is 13.9. The quantitative estimate of drug-likeness (QED) is 0.173. The standard InChI is InChI=1S/C63H55N3O2/c1-61(2,3)44-37-50(58(67)51(38-44)62(4,5)6)60-65-57-47(27-19-29-53(57)66(60)52-28-18-17-25-46(52)39-20-11-9-12-21-39)41-34-42(36-45(35-41)63(7,8)43-23-13-10-14-24-43)56-55-49-31-30-40-22-15-16-26-48(40)59(49)68-54(55)32-33-64-56/h9-38,67H,1-8H3. The highest BCUT2D eigenvalue weighted by Crippen LogP contribution is 2.47. The van der Waals surface area contributed by atoms with Crippen molar-refractivity contribution < 1.29 is 9.52 Å². The van der Waals surface area contributed by atoms with Gasteiger partial charge in [-0.3, -0.25) is 9.55 Å². The van der Waals surface area contributed by atoms with Crippen LogP contribution in [0.3, 0.4) is 0 Å². The lowest BCUT2D eigenvalue weighted by molar-refractivity contribution is 0.446. The maximum Gasteiger partial charge on any atom is 0.149 e. The number of imidazole rings is 1. The number of benzene rings is 8. The van der Waals surface area contributed by atoms with E-state index in [0.717, 1.165) is 99.6 Å². The molecule has 0 spiro atoms. The zero-order valence-corrected chi connectivity index (χ0v) is 40.0. The fourth-order valence-electron chi connectivity index (χ4n) is 10.1. The summed E-state index contributed by atoms with van der Waals surface area (Å²) in [7, 11) is 0. The summed E-state index contributed by atoms with van der Waals surface area (Å²) in [4.78, 5) is 10.9. The highest BCUT2D eigenvalue weighted by molar-refractivity contribution is 6.18. The number of phenolic OH excluding ortho intramolecular Hbond substituents is 1. The molecule has 0 atom stereocenters. The van der Waals surface area contributed by atoms with Crippen molar-refractivity contribution in [3.63, 3.8) is 0 Å². The summed E-state index contributed by atoms with van der Waals surface area (Å²) in [6.07, 6.45) is 1.86. The van der Waals surface area contributed by atoms with Crippen LogP contribution in [-0.2, 0) is 16.2 Å². The first kappa shape index (κ1) is 42.8. The molecule has 0 fully saturated rings. The van der Waals surface area contributed by atoms with E-state index in [-0.39, 0.29) is 22.0 Å². The lowest BCUT2D eigenvalue weighted by Crippen LogP contribution is -2.19. The Morgan fingerprint density at radius 1 is 0.515 bits per heavy atom. The average Bonchev–Trinajstić information content (AvgIpc) is 3.93. The predicted octanol–water partition coefficient (Wildman–Crippen LogP) is 16.8. The highest BCUT2D eigenvalue weighted by Gasteiger charge is 2.30. The van der Waals surface area contributed by atoms with Crippen molar-refractivity contribution in [1.82, 2.24) is 14.5 Å². The maximum absolute atomic E-state index is 12.6. The first-order valence-electron chi connectivity index (χ1n) is 23.6. The molecule has 3 aromatic heterocycles. The van der Waals surface area contributed by atoms with E-state index in [1.807, 2.05) is 12.3 Å². The van der Waals surface area contributed by atoms with Gasteiger partial charge in [0.05, 0.1) is 33.4 Å². The van der Waals surface area contributed by atoms with Crippen LogP contribution in [0, 0.1) is 0 Å². The van der Waals surface area contributed by atoms with Crippen LogP contribution in [0.15, 0.2) is 187 Å². The van der Waals surface area contributed by atoms with Gasteiger partial charge < -0.3 is 9.52 Å². The molecule has 5 heteroatoms. The van der Waals surface area contributed by atoms with Crippen molar-refractivity contribution in [2.75, 3.05) is 0 Å². The summed E-state index contributed by atoms with van der Waals surface area (Å²) in [5, 5.41) is 16.8. The van der Waals surface area contributed by atoms with Crippen molar-refractivity contribution in [3.05, 3.63) is 204 Å². The molecule has 0 saturated heterocycles. The number of hydrogen-bond donors (Lipinski definition) is 1. The van der Waals surface area contributed by atoms with Crippen molar-refractivity contribution in [3.8, 4) is 56.3 Å². The fraction of sp³-hybridized carbons (Fsp3) is 0.175. The van der Waals surface area contributed by atoms with E-state index in [4.69, 9.17) is 14.4 Å². The van der Waals surface area contributed by atoms with E-state index in [2.05, 4.69) is 230 Å². The second-order valence-corrected chi connectivity index (χ2v) is 20.8.